The third kappa shape index (κ3) is 3.44. The fourth-order valence-corrected chi connectivity index (χ4v) is 0.175. The molecule has 0 amide bonds. The molecule has 0 aromatic heterocycles. The first-order valence-corrected chi connectivity index (χ1v) is 1.89. The summed E-state index contributed by atoms with van der Waals surface area (Å²) in [7, 11) is 0. The van der Waals surface area contributed by atoms with Gasteiger partial charge in [0.15, 0.2) is 0 Å². The van der Waals surface area contributed by atoms with Crippen molar-refractivity contribution >= 4 is 0 Å². The Morgan fingerprint density at radius 1 is 1.67 bits per heavy atom. The average molecular weight is 83.1 g/mol. The Balaban J connectivity index is 2.94. The SMILES string of the molecule is C=C/C=C\CN. The van der Waals surface area contributed by atoms with Gasteiger partial charge in [0.25, 0.3) is 0 Å². The molecule has 0 unspecified atom stereocenters. The molecule has 34 valence electrons. The molecule has 0 saturated heterocycles. The zero-order valence-corrected chi connectivity index (χ0v) is 3.72. The van der Waals surface area contributed by atoms with E-state index >= 15 is 0 Å². The molecule has 1 nitrogen and oxygen atoms in total. The van der Waals surface area contributed by atoms with Gasteiger partial charge >= 0.3 is 0 Å². The van der Waals surface area contributed by atoms with Crippen molar-refractivity contribution in [1.29, 1.82) is 0 Å². The molecule has 0 saturated carbocycles. The van der Waals surface area contributed by atoms with Gasteiger partial charge in [-0.15, -0.1) is 0 Å². The molecule has 0 aromatic carbocycles. The molecule has 6 heavy (non-hydrogen) atoms. The van der Waals surface area contributed by atoms with Gasteiger partial charge in [-0.25, -0.2) is 0 Å². The van der Waals surface area contributed by atoms with Gasteiger partial charge in [-0.3, -0.25) is 0 Å². The van der Waals surface area contributed by atoms with Crippen LogP contribution in [0.5, 0.6) is 0 Å². The molecule has 2 N–H and O–H groups in total. The van der Waals surface area contributed by atoms with Crippen molar-refractivity contribution in [2.24, 2.45) is 5.73 Å². The number of hydrogen-bond donors (Lipinski definition) is 1. The van der Waals surface area contributed by atoms with Gasteiger partial charge in [-0.05, 0) is 0 Å². The maximum Gasteiger partial charge on any atom is 0.0109 e. The van der Waals surface area contributed by atoms with Gasteiger partial charge in [0.1, 0.15) is 0 Å². The highest BCUT2D eigenvalue weighted by Crippen LogP contribution is 1.65. The van der Waals surface area contributed by atoms with Gasteiger partial charge in [0.2, 0.25) is 0 Å². The van der Waals surface area contributed by atoms with Gasteiger partial charge < -0.3 is 5.73 Å². The Morgan fingerprint density at radius 3 is 2.50 bits per heavy atom. The lowest BCUT2D eigenvalue weighted by molar-refractivity contribution is 1.25. The molecule has 0 fully saturated rings. The van der Waals surface area contributed by atoms with Gasteiger partial charge in [0.05, 0.1) is 0 Å². The summed E-state index contributed by atoms with van der Waals surface area (Å²) in [6.07, 6.45) is 5.36. The third-order valence-corrected chi connectivity index (χ3v) is 0.408. The van der Waals surface area contributed by atoms with Crippen molar-refractivity contribution in [3.8, 4) is 0 Å². The van der Waals surface area contributed by atoms with E-state index in [1.807, 2.05) is 12.2 Å². The van der Waals surface area contributed by atoms with Crippen LogP contribution in [0.3, 0.4) is 0 Å². The molecular formula is C5H9N. The Bertz CT molecular complexity index is 55.0. The molecule has 0 aliphatic heterocycles. The fraction of sp³-hybridized carbons (Fsp3) is 0.200. The second kappa shape index (κ2) is 4.44. The molecule has 0 bridgehead atoms. The van der Waals surface area contributed by atoms with Gasteiger partial charge in [-0.1, -0.05) is 24.8 Å². The molecule has 0 atom stereocenters. The Labute approximate surface area is 38.2 Å². The van der Waals surface area contributed by atoms with Crippen LogP contribution >= 0.6 is 0 Å². The van der Waals surface area contributed by atoms with Gasteiger partial charge in [-0.2, -0.15) is 0 Å². The summed E-state index contributed by atoms with van der Waals surface area (Å²) in [4.78, 5) is 0. The second-order valence-electron chi connectivity index (χ2n) is 0.900. The lowest BCUT2D eigenvalue weighted by Crippen LogP contribution is -1.91. The average Bonchev–Trinajstić information content (AvgIpc) is 1.61. The summed E-state index contributed by atoms with van der Waals surface area (Å²) in [5, 5.41) is 0. The minimum Gasteiger partial charge on any atom is -0.327 e. The molecule has 0 aromatic rings. The van der Waals surface area contributed by atoms with E-state index in [2.05, 4.69) is 6.58 Å². The topological polar surface area (TPSA) is 26.0 Å². The van der Waals surface area contributed by atoms with E-state index < -0.39 is 0 Å². The van der Waals surface area contributed by atoms with Crippen molar-refractivity contribution < 1.29 is 0 Å². The Morgan fingerprint density at radius 2 is 2.33 bits per heavy atom. The van der Waals surface area contributed by atoms with E-state index in [1.165, 1.54) is 0 Å². The maximum atomic E-state index is 5.08. The molecule has 0 radical (unpaired) electrons. The molecule has 0 aliphatic carbocycles. The van der Waals surface area contributed by atoms with Crippen LogP contribution in [0.4, 0.5) is 0 Å². The van der Waals surface area contributed by atoms with Crippen molar-refractivity contribution in [1.82, 2.24) is 0 Å². The third-order valence-electron chi connectivity index (χ3n) is 0.408. The van der Waals surface area contributed by atoms with E-state index in [9.17, 15) is 0 Å². The minimum absolute atomic E-state index is 0.603. The second-order valence-corrected chi connectivity index (χ2v) is 0.900. The zero-order chi connectivity index (χ0) is 4.83. The molecule has 0 aliphatic rings. The Kier molecular flexibility index (Phi) is 4.03. The van der Waals surface area contributed by atoms with Crippen molar-refractivity contribution in [3.63, 3.8) is 0 Å². The maximum absolute atomic E-state index is 5.08. The zero-order valence-electron chi connectivity index (χ0n) is 3.72. The standard InChI is InChI=1S/C5H9N/c1-2-3-4-5-6/h2-4H,1,5-6H2/b4-3-. The summed E-state index contributed by atoms with van der Waals surface area (Å²) in [5.74, 6) is 0. The predicted octanol–water partition coefficient (Wildman–Crippen LogP) is 0.687. The summed E-state index contributed by atoms with van der Waals surface area (Å²) in [5.41, 5.74) is 5.08. The number of nitrogens with two attached hydrogens (primary N) is 1. The number of allylic oxidation sites excluding steroid dienone is 2. The monoisotopic (exact) mass is 83.1 g/mol. The van der Waals surface area contributed by atoms with E-state index in [0.29, 0.717) is 6.54 Å². The first-order chi connectivity index (χ1) is 2.91. The summed E-state index contributed by atoms with van der Waals surface area (Å²) in [6.45, 7) is 4.06. The number of hydrogen-bond acceptors (Lipinski definition) is 1. The molecule has 1 heteroatoms. The predicted molar refractivity (Wildman–Crippen MR) is 28.4 cm³/mol. The highest BCUT2D eigenvalue weighted by atomic mass is 14.5. The lowest BCUT2D eigenvalue weighted by atomic mass is 10.5. The van der Waals surface area contributed by atoms with Crippen LogP contribution in [0.1, 0.15) is 0 Å². The molecule has 0 spiro atoms. The van der Waals surface area contributed by atoms with E-state index in [1.54, 1.807) is 6.08 Å². The van der Waals surface area contributed by atoms with Crippen molar-refractivity contribution in [2.75, 3.05) is 6.54 Å². The lowest BCUT2D eigenvalue weighted by Gasteiger charge is -1.69. The summed E-state index contributed by atoms with van der Waals surface area (Å²) in [6, 6.07) is 0. The first kappa shape index (κ1) is 5.44. The van der Waals surface area contributed by atoms with Crippen LogP contribution in [0, 0.1) is 0 Å². The first-order valence-electron chi connectivity index (χ1n) is 1.89. The summed E-state index contributed by atoms with van der Waals surface area (Å²) >= 11 is 0. The normalized spacial score (nSPS) is 9.50. The molecular weight excluding hydrogens is 74.1 g/mol. The molecule has 0 rings (SSSR count). The largest absolute Gasteiger partial charge is 0.327 e. The Hall–Kier alpha value is -0.560. The van der Waals surface area contributed by atoms with Crippen LogP contribution < -0.4 is 5.73 Å². The van der Waals surface area contributed by atoms with Crippen LogP contribution in [0.25, 0.3) is 0 Å². The van der Waals surface area contributed by atoms with Crippen molar-refractivity contribution in [3.05, 3.63) is 24.8 Å². The molecule has 0 heterocycles. The van der Waals surface area contributed by atoms with Crippen LogP contribution in [-0.2, 0) is 0 Å². The van der Waals surface area contributed by atoms with E-state index in [0.717, 1.165) is 0 Å². The van der Waals surface area contributed by atoms with E-state index in [-0.39, 0.29) is 0 Å². The minimum atomic E-state index is 0.603. The van der Waals surface area contributed by atoms with Crippen LogP contribution in [-0.4, -0.2) is 6.54 Å². The summed E-state index contributed by atoms with van der Waals surface area (Å²) < 4.78 is 0. The highest BCUT2D eigenvalue weighted by Gasteiger charge is 1.54. The van der Waals surface area contributed by atoms with Gasteiger partial charge in [0, 0.05) is 6.54 Å². The van der Waals surface area contributed by atoms with Crippen LogP contribution in [0.15, 0.2) is 24.8 Å². The quantitative estimate of drug-likeness (QED) is 0.488. The smallest absolute Gasteiger partial charge is 0.0109 e. The fourth-order valence-electron chi connectivity index (χ4n) is 0.175. The van der Waals surface area contributed by atoms with Crippen molar-refractivity contribution in [2.45, 2.75) is 0 Å². The number of rotatable bonds is 2. The highest BCUT2D eigenvalue weighted by molar-refractivity contribution is 4.97. The van der Waals surface area contributed by atoms with Crippen LogP contribution in [0.2, 0.25) is 0 Å². The van der Waals surface area contributed by atoms with E-state index in [4.69, 9.17) is 5.73 Å².